The molecule has 0 radical (unpaired) electrons. The lowest BCUT2D eigenvalue weighted by Crippen LogP contribution is -2.43. The molecule has 2 atom stereocenters. The first kappa shape index (κ1) is 15.0. The minimum atomic E-state index is -2.62. The molecule has 0 spiro atoms. The molecule has 0 heterocycles. The van der Waals surface area contributed by atoms with Crippen molar-refractivity contribution in [1.29, 1.82) is 0 Å². The molecule has 1 aromatic carbocycles. The Morgan fingerprint density at radius 3 is 2.00 bits per heavy atom. The average Bonchev–Trinajstić information content (AvgIpc) is 2.29. The Hall–Kier alpha value is -1.03. The van der Waals surface area contributed by atoms with E-state index in [1.54, 1.807) is 20.8 Å². The molecule has 0 aromatic heterocycles. The summed E-state index contributed by atoms with van der Waals surface area (Å²) in [5.41, 5.74) is -1.30. The van der Waals surface area contributed by atoms with E-state index in [4.69, 9.17) is 0 Å². The van der Waals surface area contributed by atoms with Crippen LogP contribution in [0.5, 0.6) is 0 Å². The lowest BCUT2D eigenvalue weighted by atomic mass is 9.72. The van der Waals surface area contributed by atoms with Crippen LogP contribution in [0.1, 0.15) is 32.8 Å². The zero-order chi connectivity index (χ0) is 13.9. The van der Waals surface area contributed by atoms with Gasteiger partial charge in [-0.05, 0) is 30.0 Å². The van der Waals surface area contributed by atoms with E-state index in [1.807, 2.05) is 0 Å². The van der Waals surface area contributed by atoms with Gasteiger partial charge in [-0.2, -0.15) is 0 Å². The van der Waals surface area contributed by atoms with E-state index >= 15 is 0 Å². The lowest BCUT2D eigenvalue weighted by molar-refractivity contribution is -0.121. The second kappa shape index (κ2) is 5.74. The van der Waals surface area contributed by atoms with Crippen LogP contribution in [0.15, 0.2) is 24.3 Å². The van der Waals surface area contributed by atoms with Crippen LogP contribution >= 0.6 is 0 Å². The minimum absolute atomic E-state index is 0.156. The summed E-state index contributed by atoms with van der Waals surface area (Å²) in [4.78, 5) is 0. The van der Waals surface area contributed by atoms with Crippen LogP contribution in [0.25, 0.3) is 0 Å². The summed E-state index contributed by atoms with van der Waals surface area (Å²) in [6.07, 6.45) is -2.46. The summed E-state index contributed by atoms with van der Waals surface area (Å²) < 4.78 is 39.1. The van der Waals surface area contributed by atoms with E-state index in [1.165, 1.54) is 24.3 Å². The van der Waals surface area contributed by atoms with E-state index in [0.717, 1.165) is 0 Å². The number of alkyl halides is 2. The summed E-state index contributed by atoms with van der Waals surface area (Å²) in [7, 11) is 0. The first-order valence-corrected chi connectivity index (χ1v) is 6.10. The monoisotopic (exact) mass is 260 g/mol. The van der Waals surface area contributed by atoms with Crippen molar-refractivity contribution in [3.63, 3.8) is 0 Å². The standard InChI is InChI=1S/C14H19F3O/c1-4-12(13(16)17)14(18,9(2)3)10-5-7-11(15)8-6-10/h5-9,12-13,18H,4H2,1-3H3. The SMILES string of the molecule is CCC(C(F)F)C(O)(c1ccc(F)cc1)C(C)C. The van der Waals surface area contributed by atoms with E-state index < -0.39 is 23.8 Å². The summed E-state index contributed by atoms with van der Waals surface area (Å²) in [6, 6.07) is 5.11. The van der Waals surface area contributed by atoms with Gasteiger partial charge in [-0.25, -0.2) is 13.2 Å². The number of rotatable bonds is 5. The third-order valence-electron chi connectivity index (χ3n) is 3.50. The number of benzene rings is 1. The van der Waals surface area contributed by atoms with Crippen LogP contribution in [-0.2, 0) is 5.60 Å². The molecule has 0 fully saturated rings. The third kappa shape index (κ3) is 2.69. The molecule has 0 bridgehead atoms. The Morgan fingerprint density at radius 2 is 1.67 bits per heavy atom. The van der Waals surface area contributed by atoms with Gasteiger partial charge in [0.25, 0.3) is 0 Å². The Morgan fingerprint density at radius 1 is 1.17 bits per heavy atom. The highest BCUT2D eigenvalue weighted by Crippen LogP contribution is 2.41. The average molecular weight is 260 g/mol. The molecular formula is C14H19F3O. The fourth-order valence-corrected chi connectivity index (χ4v) is 2.37. The van der Waals surface area contributed by atoms with Crippen LogP contribution in [0.4, 0.5) is 13.2 Å². The van der Waals surface area contributed by atoms with Gasteiger partial charge in [0.1, 0.15) is 11.4 Å². The Kier molecular flexibility index (Phi) is 4.79. The maximum atomic E-state index is 13.1. The molecule has 0 aliphatic carbocycles. The van der Waals surface area contributed by atoms with Crippen LogP contribution in [0.2, 0.25) is 0 Å². The van der Waals surface area contributed by atoms with Crippen molar-refractivity contribution in [2.75, 3.05) is 0 Å². The third-order valence-corrected chi connectivity index (χ3v) is 3.50. The smallest absolute Gasteiger partial charge is 0.244 e. The molecule has 1 nitrogen and oxygen atoms in total. The second-order valence-corrected chi connectivity index (χ2v) is 4.84. The van der Waals surface area contributed by atoms with E-state index in [-0.39, 0.29) is 12.3 Å². The van der Waals surface area contributed by atoms with Crippen LogP contribution in [-0.4, -0.2) is 11.5 Å². The van der Waals surface area contributed by atoms with Crippen molar-refractivity contribution in [3.05, 3.63) is 35.6 Å². The number of hydrogen-bond acceptors (Lipinski definition) is 1. The zero-order valence-electron chi connectivity index (χ0n) is 10.8. The fourth-order valence-electron chi connectivity index (χ4n) is 2.37. The Labute approximate surface area is 106 Å². The molecule has 1 aromatic rings. The molecule has 1 rings (SSSR count). The van der Waals surface area contributed by atoms with Gasteiger partial charge in [0.2, 0.25) is 6.43 Å². The van der Waals surface area contributed by atoms with Crippen LogP contribution < -0.4 is 0 Å². The van der Waals surface area contributed by atoms with E-state index in [9.17, 15) is 18.3 Å². The Balaban J connectivity index is 3.26. The number of hydrogen-bond donors (Lipinski definition) is 1. The van der Waals surface area contributed by atoms with Gasteiger partial charge in [0.05, 0.1) is 5.92 Å². The van der Waals surface area contributed by atoms with Gasteiger partial charge < -0.3 is 5.11 Å². The van der Waals surface area contributed by atoms with Crippen LogP contribution in [0, 0.1) is 17.7 Å². The number of aliphatic hydroxyl groups is 1. The van der Waals surface area contributed by atoms with Gasteiger partial charge in [-0.1, -0.05) is 32.9 Å². The summed E-state index contributed by atoms with van der Waals surface area (Å²) in [5, 5.41) is 10.7. The highest BCUT2D eigenvalue weighted by molar-refractivity contribution is 5.25. The second-order valence-electron chi connectivity index (χ2n) is 4.84. The van der Waals surface area contributed by atoms with Crippen molar-refractivity contribution in [2.24, 2.45) is 11.8 Å². The largest absolute Gasteiger partial charge is 0.384 e. The first-order valence-electron chi connectivity index (χ1n) is 6.10. The van der Waals surface area contributed by atoms with Gasteiger partial charge in [0, 0.05) is 0 Å². The van der Waals surface area contributed by atoms with Gasteiger partial charge >= 0.3 is 0 Å². The molecule has 0 aliphatic heterocycles. The molecule has 0 amide bonds. The molecule has 18 heavy (non-hydrogen) atoms. The summed E-state index contributed by atoms with van der Waals surface area (Å²) >= 11 is 0. The fraction of sp³-hybridized carbons (Fsp3) is 0.571. The van der Waals surface area contributed by atoms with Crippen molar-refractivity contribution >= 4 is 0 Å². The predicted molar refractivity (Wildman–Crippen MR) is 64.9 cm³/mol. The molecule has 2 unspecified atom stereocenters. The van der Waals surface area contributed by atoms with Crippen molar-refractivity contribution in [3.8, 4) is 0 Å². The van der Waals surface area contributed by atoms with Gasteiger partial charge in [-0.3, -0.25) is 0 Å². The van der Waals surface area contributed by atoms with E-state index in [2.05, 4.69) is 0 Å². The lowest BCUT2D eigenvalue weighted by Gasteiger charge is -2.39. The summed E-state index contributed by atoms with van der Waals surface area (Å²) in [5.74, 6) is -2.00. The van der Waals surface area contributed by atoms with Gasteiger partial charge in [-0.15, -0.1) is 0 Å². The minimum Gasteiger partial charge on any atom is -0.384 e. The molecule has 0 saturated carbocycles. The van der Waals surface area contributed by atoms with Gasteiger partial charge in [0.15, 0.2) is 0 Å². The maximum Gasteiger partial charge on any atom is 0.244 e. The molecule has 102 valence electrons. The summed E-state index contributed by atoms with van der Waals surface area (Å²) in [6.45, 7) is 5.00. The maximum absolute atomic E-state index is 13.1. The van der Waals surface area contributed by atoms with E-state index in [0.29, 0.717) is 5.56 Å². The van der Waals surface area contributed by atoms with Crippen LogP contribution in [0.3, 0.4) is 0 Å². The zero-order valence-corrected chi connectivity index (χ0v) is 10.8. The molecule has 0 aliphatic rings. The number of halogens is 3. The normalized spacial score (nSPS) is 16.9. The molecule has 4 heteroatoms. The topological polar surface area (TPSA) is 20.2 Å². The molecular weight excluding hydrogens is 241 g/mol. The quantitative estimate of drug-likeness (QED) is 0.849. The highest BCUT2D eigenvalue weighted by atomic mass is 19.3. The predicted octanol–water partition coefficient (Wildman–Crippen LogP) is 3.96. The van der Waals surface area contributed by atoms with Crippen molar-refractivity contribution in [1.82, 2.24) is 0 Å². The first-order chi connectivity index (χ1) is 8.33. The van der Waals surface area contributed by atoms with Crippen molar-refractivity contribution in [2.45, 2.75) is 39.2 Å². The Bertz CT molecular complexity index is 375. The molecule has 1 N–H and O–H groups in total. The molecule has 0 saturated heterocycles. The highest BCUT2D eigenvalue weighted by Gasteiger charge is 2.45. The van der Waals surface area contributed by atoms with Crippen molar-refractivity contribution < 1.29 is 18.3 Å².